The minimum atomic E-state index is -0.226. The van der Waals surface area contributed by atoms with Crippen LogP contribution in [0.25, 0.3) is 5.65 Å². The van der Waals surface area contributed by atoms with Gasteiger partial charge in [-0.2, -0.15) is 0 Å². The Labute approximate surface area is 141 Å². The predicted molar refractivity (Wildman–Crippen MR) is 90.7 cm³/mol. The fourth-order valence-corrected chi connectivity index (χ4v) is 2.79. The van der Waals surface area contributed by atoms with Gasteiger partial charge in [0.05, 0.1) is 5.69 Å². The first-order valence-electron chi connectivity index (χ1n) is 7.13. The van der Waals surface area contributed by atoms with E-state index in [2.05, 4.69) is 20.9 Å². The third-order valence-corrected chi connectivity index (χ3v) is 3.98. The maximum absolute atomic E-state index is 13.7. The molecule has 0 spiro atoms. The molecule has 0 fully saturated rings. The van der Waals surface area contributed by atoms with Crippen LogP contribution in [0.2, 0.25) is 0 Å². The van der Waals surface area contributed by atoms with E-state index in [1.807, 2.05) is 24.1 Å². The van der Waals surface area contributed by atoms with Crippen molar-refractivity contribution in [3.05, 3.63) is 80.6 Å². The molecule has 118 valence electrons. The van der Waals surface area contributed by atoms with Crippen molar-refractivity contribution in [1.29, 1.82) is 0 Å². The van der Waals surface area contributed by atoms with Gasteiger partial charge in [-0.05, 0) is 41.2 Å². The number of nitrogens with zero attached hydrogens (tertiary/aromatic N) is 3. The number of pyridine rings is 1. The Hall–Kier alpha value is -2.05. The van der Waals surface area contributed by atoms with E-state index in [4.69, 9.17) is 0 Å². The minimum absolute atomic E-state index is 0.134. The Morgan fingerprint density at radius 2 is 2.00 bits per heavy atom. The fraction of sp³-hybridized carbons (Fsp3) is 0.176. The highest BCUT2D eigenvalue weighted by atomic mass is 79.9. The molecule has 4 nitrogen and oxygen atoms in total. The van der Waals surface area contributed by atoms with Crippen LogP contribution in [0, 0.1) is 5.82 Å². The molecular weight excluding hydrogens is 361 g/mol. The second-order valence-electron chi connectivity index (χ2n) is 5.42. The molecule has 3 rings (SSSR count). The van der Waals surface area contributed by atoms with E-state index < -0.39 is 0 Å². The lowest BCUT2D eigenvalue weighted by Crippen LogP contribution is -2.22. The number of fused-ring (bicyclic) bond motifs is 1. The molecule has 0 aliphatic heterocycles. The molecule has 0 atom stereocenters. The summed E-state index contributed by atoms with van der Waals surface area (Å²) >= 11 is 3.34. The van der Waals surface area contributed by atoms with Gasteiger partial charge in [-0.15, -0.1) is 0 Å². The van der Waals surface area contributed by atoms with Gasteiger partial charge in [0, 0.05) is 35.4 Å². The van der Waals surface area contributed by atoms with Crippen LogP contribution >= 0.6 is 15.9 Å². The van der Waals surface area contributed by atoms with Crippen LogP contribution in [0.1, 0.15) is 11.3 Å². The second kappa shape index (κ2) is 6.60. The van der Waals surface area contributed by atoms with Gasteiger partial charge in [-0.25, -0.2) is 9.37 Å². The Kier molecular flexibility index (Phi) is 4.54. The number of aromatic nitrogens is 2. The van der Waals surface area contributed by atoms with Gasteiger partial charge in [-0.3, -0.25) is 14.1 Å². The first-order valence-corrected chi connectivity index (χ1v) is 7.92. The van der Waals surface area contributed by atoms with Crippen LogP contribution < -0.4 is 5.56 Å². The zero-order valence-electron chi connectivity index (χ0n) is 12.5. The maximum atomic E-state index is 13.7. The molecule has 0 saturated heterocycles. The van der Waals surface area contributed by atoms with Gasteiger partial charge in [-0.1, -0.05) is 18.2 Å². The Morgan fingerprint density at radius 1 is 1.22 bits per heavy atom. The highest BCUT2D eigenvalue weighted by Gasteiger charge is 2.08. The quantitative estimate of drug-likeness (QED) is 0.702. The van der Waals surface area contributed by atoms with Crippen LogP contribution in [0.4, 0.5) is 4.39 Å². The van der Waals surface area contributed by atoms with E-state index in [0.29, 0.717) is 30.0 Å². The Bertz CT molecular complexity index is 910. The van der Waals surface area contributed by atoms with Crippen molar-refractivity contribution in [2.75, 3.05) is 7.05 Å². The predicted octanol–water partition coefficient (Wildman–Crippen LogP) is 3.23. The summed E-state index contributed by atoms with van der Waals surface area (Å²) in [6.07, 6.45) is 1.69. The summed E-state index contributed by atoms with van der Waals surface area (Å²) < 4.78 is 16.0. The van der Waals surface area contributed by atoms with Crippen molar-refractivity contribution >= 4 is 21.6 Å². The number of benzene rings is 1. The third kappa shape index (κ3) is 3.65. The minimum Gasteiger partial charge on any atom is -0.296 e. The van der Waals surface area contributed by atoms with Crippen molar-refractivity contribution in [1.82, 2.24) is 14.3 Å². The molecule has 23 heavy (non-hydrogen) atoms. The van der Waals surface area contributed by atoms with Gasteiger partial charge in [0.1, 0.15) is 11.5 Å². The molecule has 0 unspecified atom stereocenters. The standard InChI is InChI=1S/C17H15BrFN3O/c1-21(9-12-4-2-3-5-15(12)19)11-14-8-17(23)22-10-13(18)6-7-16(22)20-14/h2-8,10H,9,11H2,1H3. The van der Waals surface area contributed by atoms with Gasteiger partial charge in [0.2, 0.25) is 0 Å². The van der Waals surface area contributed by atoms with E-state index in [9.17, 15) is 9.18 Å². The van der Waals surface area contributed by atoms with Crippen LogP contribution in [-0.2, 0) is 13.1 Å². The summed E-state index contributed by atoms with van der Waals surface area (Å²) in [5.74, 6) is -0.226. The molecule has 1 aromatic carbocycles. The lowest BCUT2D eigenvalue weighted by atomic mass is 10.2. The van der Waals surface area contributed by atoms with Crippen LogP contribution in [-0.4, -0.2) is 21.3 Å². The molecule has 6 heteroatoms. The van der Waals surface area contributed by atoms with Gasteiger partial charge in [0.25, 0.3) is 5.56 Å². The molecule has 0 bridgehead atoms. The molecule has 0 saturated carbocycles. The monoisotopic (exact) mass is 375 g/mol. The molecule has 0 N–H and O–H groups in total. The van der Waals surface area contributed by atoms with E-state index in [-0.39, 0.29) is 11.4 Å². The zero-order chi connectivity index (χ0) is 16.4. The molecule has 0 radical (unpaired) electrons. The van der Waals surface area contributed by atoms with Crippen molar-refractivity contribution in [3.8, 4) is 0 Å². The van der Waals surface area contributed by atoms with Crippen molar-refractivity contribution in [3.63, 3.8) is 0 Å². The average molecular weight is 376 g/mol. The van der Waals surface area contributed by atoms with E-state index >= 15 is 0 Å². The summed E-state index contributed by atoms with van der Waals surface area (Å²) in [6, 6.07) is 11.8. The molecule has 0 aliphatic rings. The summed E-state index contributed by atoms with van der Waals surface area (Å²) in [6.45, 7) is 0.921. The molecule has 3 aromatic rings. The fourth-order valence-electron chi connectivity index (χ4n) is 2.46. The summed E-state index contributed by atoms with van der Waals surface area (Å²) in [7, 11) is 1.87. The first kappa shape index (κ1) is 15.8. The van der Waals surface area contributed by atoms with Gasteiger partial charge >= 0.3 is 0 Å². The summed E-state index contributed by atoms with van der Waals surface area (Å²) in [5.41, 5.74) is 1.74. The Morgan fingerprint density at radius 3 is 2.78 bits per heavy atom. The lowest BCUT2D eigenvalue weighted by molar-refractivity contribution is 0.310. The molecular formula is C17H15BrFN3O. The zero-order valence-corrected chi connectivity index (χ0v) is 14.1. The summed E-state index contributed by atoms with van der Waals surface area (Å²) in [5, 5.41) is 0. The first-order chi connectivity index (χ1) is 11.0. The highest BCUT2D eigenvalue weighted by Crippen LogP contribution is 2.12. The van der Waals surface area contributed by atoms with E-state index in [0.717, 1.165) is 4.47 Å². The molecule has 2 aromatic heterocycles. The number of hydrogen-bond donors (Lipinski definition) is 0. The van der Waals surface area contributed by atoms with Crippen molar-refractivity contribution < 1.29 is 4.39 Å². The highest BCUT2D eigenvalue weighted by molar-refractivity contribution is 9.10. The third-order valence-electron chi connectivity index (χ3n) is 3.51. The smallest absolute Gasteiger partial charge is 0.258 e. The number of rotatable bonds is 4. The molecule has 2 heterocycles. The van der Waals surface area contributed by atoms with E-state index in [1.54, 1.807) is 24.4 Å². The van der Waals surface area contributed by atoms with Crippen molar-refractivity contribution in [2.45, 2.75) is 13.1 Å². The number of halogens is 2. The largest absolute Gasteiger partial charge is 0.296 e. The summed E-state index contributed by atoms with van der Waals surface area (Å²) in [4.78, 5) is 18.6. The molecule has 0 amide bonds. The van der Waals surface area contributed by atoms with Gasteiger partial charge in [0.15, 0.2) is 0 Å². The normalized spacial score (nSPS) is 11.3. The van der Waals surface area contributed by atoms with Crippen LogP contribution in [0.15, 0.2) is 57.9 Å². The molecule has 0 aliphatic carbocycles. The van der Waals surface area contributed by atoms with Crippen LogP contribution in [0.3, 0.4) is 0 Å². The second-order valence-corrected chi connectivity index (χ2v) is 6.34. The Balaban J connectivity index is 1.82. The van der Waals surface area contributed by atoms with E-state index in [1.165, 1.54) is 16.5 Å². The average Bonchev–Trinajstić information content (AvgIpc) is 2.50. The topological polar surface area (TPSA) is 37.6 Å². The number of hydrogen-bond acceptors (Lipinski definition) is 3. The van der Waals surface area contributed by atoms with Crippen molar-refractivity contribution in [2.24, 2.45) is 0 Å². The lowest BCUT2D eigenvalue weighted by Gasteiger charge is -2.17. The SMILES string of the molecule is CN(Cc1cc(=O)n2cc(Br)ccc2n1)Cc1ccccc1F. The van der Waals surface area contributed by atoms with Crippen LogP contribution in [0.5, 0.6) is 0 Å². The van der Waals surface area contributed by atoms with Gasteiger partial charge < -0.3 is 0 Å². The maximum Gasteiger partial charge on any atom is 0.258 e.